The van der Waals surface area contributed by atoms with Crippen LogP contribution in [-0.4, -0.2) is 6.04 Å². The van der Waals surface area contributed by atoms with Gasteiger partial charge in [-0.05, 0) is 37.5 Å². The van der Waals surface area contributed by atoms with Crippen LogP contribution in [0.15, 0.2) is 24.3 Å². The van der Waals surface area contributed by atoms with E-state index in [9.17, 15) is 0 Å². The fraction of sp³-hybridized carbons (Fsp3) is 0.714. The first-order valence-electron chi connectivity index (χ1n) is 6.17. The molecule has 2 aliphatic carbocycles. The highest BCUT2D eigenvalue weighted by Gasteiger charge is 2.46. The molecule has 0 saturated heterocycles. The molecule has 0 radical (unpaired) electrons. The number of rotatable bonds is 1. The third-order valence-corrected chi connectivity index (χ3v) is 4.78. The molecule has 3 atom stereocenters. The summed E-state index contributed by atoms with van der Waals surface area (Å²) in [6.07, 6.45) is 15.3. The number of nitrogens with two attached hydrogens (primary N) is 1. The highest BCUT2D eigenvalue weighted by atomic mass is 14.7. The van der Waals surface area contributed by atoms with Gasteiger partial charge < -0.3 is 5.73 Å². The highest BCUT2D eigenvalue weighted by molar-refractivity contribution is 5.16. The van der Waals surface area contributed by atoms with Crippen molar-refractivity contribution in [1.29, 1.82) is 0 Å². The molecule has 2 N–H and O–H groups in total. The molecule has 15 heavy (non-hydrogen) atoms. The zero-order chi connectivity index (χ0) is 10.9. The number of allylic oxidation sites excluding steroid dienone is 3. The minimum Gasteiger partial charge on any atom is -0.327 e. The summed E-state index contributed by atoms with van der Waals surface area (Å²) in [7, 11) is 0. The molecule has 2 rings (SSSR count). The fourth-order valence-electron chi connectivity index (χ4n) is 3.13. The monoisotopic (exact) mass is 205 g/mol. The molecule has 0 aromatic heterocycles. The third kappa shape index (κ3) is 1.67. The predicted octanol–water partition coefficient (Wildman–Crippen LogP) is 3.42. The summed E-state index contributed by atoms with van der Waals surface area (Å²) in [6, 6.07) is 0.332. The van der Waals surface area contributed by atoms with Crippen molar-refractivity contribution in [3.63, 3.8) is 0 Å². The van der Waals surface area contributed by atoms with Crippen molar-refractivity contribution in [3.05, 3.63) is 24.3 Å². The summed E-state index contributed by atoms with van der Waals surface area (Å²) in [4.78, 5) is 0. The van der Waals surface area contributed by atoms with Gasteiger partial charge in [-0.15, -0.1) is 0 Å². The molecule has 0 spiro atoms. The topological polar surface area (TPSA) is 26.0 Å². The SMILES string of the molecule is CC1(C2(C)C=CCCC2N)CC=CCC1. The Morgan fingerprint density at radius 1 is 1.13 bits per heavy atom. The van der Waals surface area contributed by atoms with E-state index in [4.69, 9.17) is 5.73 Å². The molecule has 3 unspecified atom stereocenters. The average molecular weight is 205 g/mol. The zero-order valence-electron chi connectivity index (χ0n) is 10.00. The third-order valence-electron chi connectivity index (χ3n) is 4.78. The van der Waals surface area contributed by atoms with Gasteiger partial charge in [0.05, 0.1) is 0 Å². The van der Waals surface area contributed by atoms with E-state index in [-0.39, 0.29) is 5.41 Å². The smallest absolute Gasteiger partial charge is 0.0136 e. The lowest BCUT2D eigenvalue weighted by Crippen LogP contribution is -2.50. The van der Waals surface area contributed by atoms with Gasteiger partial charge in [0.15, 0.2) is 0 Å². The molecule has 0 aliphatic heterocycles. The van der Waals surface area contributed by atoms with Gasteiger partial charge in [-0.25, -0.2) is 0 Å². The first kappa shape index (κ1) is 10.9. The van der Waals surface area contributed by atoms with Crippen molar-refractivity contribution in [2.24, 2.45) is 16.6 Å². The molecule has 0 heterocycles. The van der Waals surface area contributed by atoms with Crippen LogP contribution in [0.3, 0.4) is 0 Å². The molecular formula is C14H23N. The molecule has 0 saturated carbocycles. The molecule has 1 heteroatoms. The van der Waals surface area contributed by atoms with Gasteiger partial charge in [0.2, 0.25) is 0 Å². The van der Waals surface area contributed by atoms with E-state index in [1.807, 2.05) is 0 Å². The summed E-state index contributed by atoms with van der Waals surface area (Å²) in [5.74, 6) is 0. The minimum atomic E-state index is 0.190. The standard InChI is InChI=1S/C14H23N/c1-13(9-5-3-6-10-13)14(2)11-7-4-8-12(14)15/h3,5,7,11-12H,4,6,8-10,15H2,1-2H3. The van der Waals surface area contributed by atoms with E-state index in [0.717, 1.165) is 12.8 Å². The fourth-order valence-corrected chi connectivity index (χ4v) is 3.13. The van der Waals surface area contributed by atoms with E-state index in [1.165, 1.54) is 19.3 Å². The van der Waals surface area contributed by atoms with Gasteiger partial charge in [0, 0.05) is 11.5 Å². The Labute approximate surface area is 93.4 Å². The summed E-state index contributed by atoms with van der Waals surface area (Å²) in [6.45, 7) is 4.76. The maximum absolute atomic E-state index is 6.35. The van der Waals surface area contributed by atoms with Gasteiger partial charge >= 0.3 is 0 Å². The molecule has 84 valence electrons. The van der Waals surface area contributed by atoms with Crippen molar-refractivity contribution in [3.8, 4) is 0 Å². The van der Waals surface area contributed by atoms with Crippen LogP contribution in [0.1, 0.15) is 46.0 Å². The van der Waals surface area contributed by atoms with Crippen molar-refractivity contribution < 1.29 is 0 Å². The Morgan fingerprint density at radius 2 is 1.93 bits per heavy atom. The summed E-state index contributed by atoms with van der Waals surface area (Å²) >= 11 is 0. The van der Waals surface area contributed by atoms with Crippen molar-refractivity contribution in [1.82, 2.24) is 0 Å². The Kier molecular flexibility index (Phi) is 2.76. The second-order valence-electron chi connectivity index (χ2n) is 5.64. The largest absolute Gasteiger partial charge is 0.327 e. The Balaban J connectivity index is 2.30. The Hall–Kier alpha value is -0.560. The molecule has 0 fully saturated rings. The molecule has 0 aromatic rings. The van der Waals surface area contributed by atoms with Crippen LogP contribution in [0.2, 0.25) is 0 Å². The summed E-state index contributed by atoms with van der Waals surface area (Å²) < 4.78 is 0. The maximum Gasteiger partial charge on any atom is 0.0136 e. The van der Waals surface area contributed by atoms with E-state index in [2.05, 4.69) is 38.2 Å². The second kappa shape index (κ2) is 3.79. The number of hydrogen-bond acceptors (Lipinski definition) is 1. The zero-order valence-corrected chi connectivity index (χ0v) is 10.00. The normalized spacial score (nSPS) is 45.7. The quantitative estimate of drug-likeness (QED) is 0.652. The van der Waals surface area contributed by atoms with Crippen LogP contribution >= 0.6 is 0 Å². The van der Waals surface area contributed by atoms with Gasteiger partial charge in [0.25, 0.3) is 0 Å². The lowest BCUT2D eigenvalue weighted by molar-refractivity contribution is 0.0704. The molecular weight excluding hydrogens is 182 g/mol. The van der Waals surface area contributed by atoms with Crippen molar-refractivity contribution >= 4 is 0 Å². The molecule has 2 aliphatic rings. The summed E-state index contributed by atoms with van der Waals surface area (Å²) in [5, 5.41) is 0. The van der Waals surface area contributed by atoms with Crippen LogP contribution in [0.4, 0.5) is 0 Å². The lowest BCUT2D eigenvalue weighted by Gasteiger charge is -2.51. The van der Waals surface area contributed by atoms with Crippen LogP contribution in [-0.2, 0) is 0 Å². The van der Waals surface area contributed by atoms with Gasteiger partial charge in [0.1, 0.15) is 0 Å². The Bertz CT molecular complexity index is 292. The second-order valence-corrected chi connectivity index (χ2v) is 5.64. The van der Waals surface area contributed by atoms with Gasteiger partial charge in [-0.3, -0.25) is 0 Å². The maximum atomic E-state index is 6.35. The van der Waals surface area contributed by atoms with E-state index in [1.54, 1.807) is 0 Å². The minimum absolute atomic E-state index is 0.190. The van der Waals surface area contributed by atoms with Crippen molar-refractivity contribution in [2.45, 2.75) is 52.0 Å². The number of hydrogen-bond donors (Lipinski definition) is 1. The molecule has 0 aromatic carbocycles. The van der Waals surface area contributed by atoms with Crippen LogP contribution < -0.4 is 5.73 Å². The average Bonchev–Trinajstić information content (AvgIpc) is 2.23. The molecule has 0 amide bonds. The lowest BCUT2D eigenvalue weighted by atomic mass is 9.55. The van der Waals surface area contributed by atoms with E-state index >= 15 is 0 Å². The highest BCUT2D eigenvalue weighted by Crippen LogP contribution is 2.52. The first-order chi connectivity index (χ1) is 7.08. The molecule has 0 bridgehead atoms. The van der Waals surface area contributed by atoms with Gasteiger partial charge in [-0.2, -0.15) is 0 Å². The van der Waals surface area contributed by atoms with Gasteiger partial charge in [-0.1, -0.05) is 38.2 Å². The van der Waals surface area contributed by atoms with Crippen LogP contribution in [0.25, 0.3) is 0 Å². The summed E-state index contributed by atoms with van der Waals surface area (Å²) in [5.41, 5.74) is 6.90. The van der Waals surface area contributed by atoms with Crippen LogP contribution in [0, 0.1) is 10.8 Å². The van der Waals surface area contributed by atoms with Crippen LogP contribution in [0.5, 0.6) is 0 Å². The predicted molar refractivity (Wildman–Crippen MR) is 65.6 cm³/mol. The van der Waals surface area contributed by atoms with Crippen molar-refractivity contribution in [2.75, 3.05) is 0 Å². The molecule has 1 nitrogen and oxygen atoms in total. The first-order valence-corrected chi connectivity index (χ1v) is 6.17. The Morgan fingerprint density at radius 3 is 2.53 bits per heavy atom. The van der Waals surface area contributed by atoms with E-state index in [0.29, 0.717) is 11.5 Å². The van der Waals surface area contributed by atoms with E-state index < -0.39 is 0 Å².